The Kier molecular flexibility index (Phi) is 5.61. The molecule has 0 heterocycles. The van der Waals surface area contributed by atoms with Gasteiger partial charge in [-0.1, -0.05) is 12.1 Å². The van der Waals surface area contributed by atoms with Crippen molar-refractivity contribution in [2.45, 2.75) is 52.7 Å². The van der Waals surface area contributed by atoms with Crippen LogP contribution in [0.15, 0.2) is 12.1 Å². The lowest BCUT2D eigenvalue weighted by molar-refractivity contribution is 0.0524. The molecule has 0 aliphatic carbocycles. The number of nitrogens with two attached hydrogens (primary N) is 1. The molecule has 0 bridgehead atoms. The number of aryl methyl sites for hydroxylation is 2. The van der Waals surface area contributed by atoms with E-state index in [1.54, 1.807) is 0 Å². The number of carbonyl (C=O) groups excluding carboxylic acids is 1. The van der Waals surface area contributed by atoms with Crippen LogP contribution in [0.4, 0.5) is 4.79 Å². The van der Waals surface area contributed by atoms with Crippen molar-refractivity contribution >= 4 is 6.09 Å². The Hall–Kier alpha value is -1.75. The smallest absolute Gasteiger partial charge is 0.407 e. The average molecular weight is 294 g/mol. The summed E-state index contributed by atoms with van der Waals surface area (Å²) in [5.74, 6) is 0.319. The van der Waals surface area contributed by atoms with Gasteiger partial charge in [0, 0.05) is 12.6 Å². The van der Waals surface area contributed by atoms with Crippen LogP contribution in [0, 0.1) is 13.8 Å². The molecule has 1 amide bonds. The predicted octanol–water partition coefficient (Wildman–Crippen LogP) is 2.40. The number of aromatic hydroxyl groups is 1. The summed E-state index contributed by atoms with van der Waals surface area (Å²) in [6, 6.07) is 3.62. The highest BCUT2D eigenvalue weighted by Crippen LogP contribution is 2.23. The SMILES string of the molecule is Cc1cc(CC(N)CNC(=O)OC(C)(C)C)cc(C)c1O. The molecule has 1 aromatic rings. The molecule has 1 atom stereocenters. The summed E-state index contributed by atoms with van der Waals surface area (Å²) < 4.78 is 5.15. The first-order chi connectivity index (χ1) is 9.58. The second-order valence-electron chi connectivity index (χ2n) is 6.43. The number of nitrogens with one attached hydrogen (secondary N) is 1. The van der Waals surface area contributed by atoms with Crippen molar-refractivity contribution < 1.29 is 14.6 Å². The Bertz CT molecular complexity index is 484. The summed E-state index contributed by atoms with van der Waals surface area (Å²) in [6.07, 6.45) is 0.161. The monoisotopic (exact) mass is 294 g/mol. The van der Waals surface area contributed by atoms with Crippen molar-refractivity contribution in [2.24, 2.45) is 5.73 Å². The molecule has 1 aromatic carbocycles. The van der Waals surface area contributed by atoms with Crippen molar-refractivity contribution in [1.82, 2.24) is 5.32 Å². The fraction of sp³-hybridized carbons (Fsp3) is 0.562. The van der Waals surface area contributed by atoms with Gasteiger partial charge < -0.3 is 20.9 Å². The summed E-state index contributed by atoms with van der Waals surface area (Å²) in [5.41, 5.74) is 8.21. The molecule has 0 aliphatic rings. The molecule has 0 fully saturated rings. The van der Waals surface area contributed by atoms with Crippen LogP contribution in [0.5, 0.6) is 5.75 Å². The highest BCUT2D eigenvalue weighted by atomic mass is 16.6. The van der Waals surface area contributed by atoms with E-state index in [2.05, 4.69) is 5.32 Å². The third-order valence-corrected chi connectivity index (χ3v) is 2.96. The molecule has 0 aliphatic heterocycles. The second kappa shape index (κ2) is 6.80. The van der Waals surface area contributed by atoms with E-state index in [1.165, 1.54) is 0 Å². The van der Waals surface area contributed by atoms with Gasteiger partial charge in [0.15, 0.2) is 0 Å². The zero-order valence-corrected chi connectivity index (χ0v) is 13.5. The number of hydrogen-bond donors (Lipinski definition) is 3. The van der Waals surface area contributed by atoms with Gasteiger partial charge in [0.1, 0.15) is 11.4 Å². The molecule has 0 spiro atoms. The van der Waals surface area contributed by atoms with Gasteiger partial charge in [-0.3, -0.25) is 0 Å². The van der Waals surface area contributed by atoms with Gasteiger partial charge in [-0.25, -0.2) is 4.79 Å². The number of phenolic OH excluding ortho intramolecular Hbond substituents is 1. The normalized spacial score (nSPS) is 12.9. The molecule has 118 valence electrons. The van der Waals surface area contributed by atoms with Gasteiger partial charge in [-0.2, -0.15) is 0 Å². The van der Waals surface area contributed by atoms with Crippen molar-refractivity contribution in [3.63, 3.8) is 0 Å². The number of carbonyl (C=O) groups is 1. The Morgan fingerprint density at radius 1 is 1.33 bits per heavy atom. The van der Waals surface area contributed by atoms with Crippen molar-refractivity contribution in [3.05, 3.63) is 28.8 Å². The number of amides is 1. The van der Waals surface area contributed by atoms with E-state index in [-0.39, 0.29) is 6.04 Å². The van der Waals surface area contributed by atoms with Gasteiger partial charge in [-0.15, -0.1) is 0 Å². The second-order valence-corrected chi connectivity index (χ2v) is 6.43. The number of alkyl carbamates (subject to hydrolysis) is 1. The van der Waals surface area contributed by atoms with Gasteiger partial charge in [0.2, 0.25) is 0 Å². The zero-order valence-electron chi connectivity index (χ0n) is 13.5. The van der Waals surface area contributed by atoms with Gasteiger partial charge in [-0.05, 0) is 57.7 Å². The fourth-order valence-corrected chi connectivity index (χ4v) is 2.07. The molecule has 0 saturated heterocycles. The highest BCUT2D eigenvalue weighted by Gasteiger charge is 2.16. The van der Waals surface area contributed by atoms with E-state index in [1.807, 2.05) is 46.8 Å². The Morgan fingerprint density at radius 3 is 2.33 bits per heavy atom. The van der Waals surface area contributed by atoms with Crippen LogP contribution >= 0.6 is 0 Å². The molecule has 4 N–H and O–H groups in total. The molecular weight excluding hydrogens is 268 g/mol. The van der Waals surface area contributed by atoms with E-state index in [0.29, 0.717) is 18.7 Å². The average Bonchev–Trinajstić information content (AvgIpc) is 2.31. The molecule has 5 heteroatoms. The van der Waals surface area contributed by atoms with E-state index in [9.17, 15) is 9.90 Å². The number of benzene rings is 1. The van der Waals surface area contributed by atoms with Crippen molar-refractivity contribution in [3.8, 4) is 5.75 Å². The van der Waals surface area contributed by atoms with Gasteiger partial charge >= 0.3 is 6.09 Å². The first kappa shape index (κ1) is 17.3. The molecule has 1 unspecified atom stereocenters. The molecule has 0 aromatic heterocycles. The Balaban J connectivity index is 2.51. The fourth-order valence-electron chi connectivity index (χ4n) is 2.07. The van der Waals surface area contributed by atoms with Crippen LogP contribution in [-0.4, -0.2) is 29.4 Å². The first-order valence-corrected chi connectivity index (χ1v) is 7.10. The van der Waals surface area contributed by atoms with Crippen LogP contribution in [-0.2, 0) is 11.2 Å². The minimum absolute atomic E-state index is 0.208. The van der Waals surface area contributed by atoms with Crippen LogP contribution in [0.3, 0.4) is 0 Å². The molecule has 21 heavy (non-hydrogen) atoms. The molecular formula is C16H26N2O3. The minimum Gasteiger partial charge on any atom is -0.507 e. The molecule has 5 nitrogen and oxygen atoms in total. The maximum atomic E-state index is 11.5. The molecule has 1 rings (SSSR count). The van der Waals surface area contributed by atoms with Gasteiger partial charge in [0.05, 0.1) is 0 Å². The quantitative estimate of drug-likeness (QED) is 0.796. The summed E-state index contributed by atoms with van der Waals surface area (Å²) >= 11 is 0. The molecule has 0 saturated carbocycles. The third kappa shape index (κ3) is 6.04. The summed E-state index contributed by atoms with van der Waals surface area (Å²) in [7, 11) is 0. The van der Waals surface area contributed by atoms with E-state index >= 15 is 0 Å². The lowest BCUT2D eigenvalue weighted by atomic mass is 10.0. The van der Waals surface area contributed by atoms with Crippen molar-refractivity contribution in [2.75, 3.05) is 6.54 Å². The van der Waals surface area contributed by atoms with Crippen LogP contribution in [0.25, 0.3) is 0 Å². The zero-order chi connectivity index (χ0) is 16.2. The van der Waals surface area contributed by atoms with E-state index in [4.69, 9.17) is 10.5 Å². The lowest BCUT2D eigenvalue weighted by Gasteiger charge is -2.21. The van der Waals surface area contributed by atoms with E-state index < -0.39 is 11.7 Å². The summed E-state index contributed by atoms with van der Waals surface area (Å²) in [5, 5.41) is 12.4. The Morgan fingerprint density at radius 2 is 1.86 bits per heavy atom. The number of hydrogen-bond acceptors (Lipinski definition) is 4. The topological polar surface area (TPSA) is 84.6 Å². The van der Waals surface area contributed by atoms with Crippen molar-refractivity contribution in [1.29, 1.82) is 0 Å². The number of rotatable bonds is 4. The van der Waals surface area contributed by atoms with Gasteiger partial charge in [0.25, 0.3) is 0 Å². The number of phenols is 1. The van der Waals surface area contributed by atoms with E-state index in [0.717, 1.165) is 16.7 Å². The lowest BCUT2D eigenvalue weighted by Crippen LogP contribution is -2.41. The standard InChI is InChI=1S/C16H26N2O3/c1-10-6-12(7-11(2)14(10)19)8-13(17)9-18-15(20)21-16(3,4)5/h6-7,13,19H,8-9,17H2,1-5H3,(H,18,20). The Labute approximate surface area is 126 Å². The summed E-state index contributed by atoms with van der Waals surface area (Å²) in [4.78, 5) is 11.5. The number of ether oxygens (including phenoxy) is 1. The predicted molar refractivity (Wildman–Crippen MR) is 83.5 cm³/mol. The minimum atomic E-state index is -0.515. The highest BCUT2D eigenvalue weighted by molar-refractivity contribution is 5.67. The largest absolute Gasteiger partial charge is 0.507 e. The maximum absolute atomic E-state index is 11.5. The summed E-state index contributed by atoms with van der Waals surface area (Å²) in [6.45, 7) is 9.50. The van der Waals surface area contributed by atoms with Crippen LogP contribution in [0.1, 0.15) is 37.5 Å². The maximum Gasteiger partial charge on any atom is 0.407 e. The molecule has 0 radical (unpaired) electrons. The van der Waals surface area contributed by atoms with Crippen LogP contribution in [0.2, 0.25) is 0 Å². The third-order valence-electron chi connectivity index (χ3n) is 2.96. The first-order valence-electron chi connectivity index (χ1n) is 7.10. The van der Waals surface area contributed by atoms with Crippen LogP contribution < -0.4 is 11.1 Å².